The largest absolute Gasteiger partial charge is 0.379 e. The molecule has 3 heteroatoms. The Balaban J connectivity index is 2.84. The van der Waals surface area contributed by atoms with Crippen molar-refractivity contribution < 1.29 is 9.47 Å². The molecule has 0 spiro atoms. The Morgan fingerprint density at radius 1 is 1.00 bits per heavy atom. The topological polar surface area (TPSA) is 18.5 Å². The van der Waals surface area contributed by atoms with Gasteiger partial charge in [-0.1, -0.05) is 13.8 Å². The summed E-state index contributed by atoms with van der Waals surface area (Å²) < 4.78 is 10.5. The molecule has 13 heavy (non-hydrogen) atoms. The van der Waals surface area contributed by atoms with Crippen molar-refractivity contribution in [2.45, 2.75) is 26.7 Å². The van der Waals surface area contributed by atoms with Crippen molar-refractivity contribution in [3.63, 3.8) is 0 Å². The van der Waals surface area contributed by atoms with Gasteiger partial charge in [0.05, 0.1) is 19.8 Å². The average Bonchev–Trinajstić information content (AvgIpc) is 2.09. The van der Waals surface area contributed by atoms with Crippen molar-refractivity contribution >= 4 is 11.6 Å². The highest BCUT2D eigenvalue weighted by Crippen LogP contribution is 2.02. The molecule has 0 rings (SSSR count). The highest BCUT2D eigenvalue weighted by molar-refractivity contribution is 6.17. The summed E-state index contributed by atoms with van der Waals surface area (Å²) in [5.74, 6) is 1.34. The van der Waals surface area contributed by atoms with Crippen LogP contribution in [0.5, 0.6) is 0 Å². The molecule has 0 radical (unpaired) electrons. The second-order valence-electron chi connectivity index (χ2n) is 3.45. The highest BCUT2D eigenvalue weighted by atomic mass is 35.5. The second-order valence-corrected chi connectivity index (χ2v) is 3.83. The van der Waals surface area contributed by atoms with E-state index in [1.54, 1.807) is 0 Å². The van der Waals surface area contributed by atoms with Crippen molar-refractivity contribution in [2.75, 3.05) is 32.3 Å². The number of halogens is 1. The fraction of sp³-hybridized carbons (Fsp3) is 1.00. The quantitative estimate of drug-likeness (QED) is 0.429. The fourth-order valence-electron chi connectivity index (χ4n) is 0.970. The lowest BCUT2D eigenvalue weighted by molar-refractivity contribution is 0.0513. The van der Waals surface area contributed by atoms with E-state index in [1.807, 2.05) is 0 Å². The molecule has 0 bridgehead atoms. The predicted molar refractivity (Wildman–Crippen MR) is 56.4 cm³/mol. The predicted octanol–water partition coefficient (Wildman–Crippen LogP) is 2.69. The third-order valence-electron chi connectivity index (χ3n) is 1.66. The molecule has 0 aromatic heterocycles. The van der Waals surface area contributed by atoms with E-state index in [4.69, 9.17) is 21.1 Å². The molecule has 0 heterocycles. The Hall–Kier alpha value is 0.210. The molecule has 0 aliphatic rings. The molecule has 80 valence electrons. The van der Waals surface area contributed by atoms with Crippen LogP contribution in [0.1, 0.15) is 26.7 Å². The van der Waals surface area contributed by atoms with Crippen molar-refractivity contribution in [3.05, 3.63) is 0 Å². The minimum absolute atomic E-state index is 0.563. The van der Waals surface area contributed by atoms with E-state index in [-0.39, 0.29) is 0 Å². The van der Waals surface area contributed by atoms with Crippen LogP contribution in [0.2, 0.25) is 0 Å². The van der Waals surface area contributed by atoms with Crippen molar-refractivity contribution in [1.82, 2.24) is 0 Å². The summed E-state index contributed by atoms with van der Waals surface area (Å²) in [6.07, 6.45) is 2.38. The van der Waals surface area contributed by atoms with Crippen LogP contribution in [0, 0.1) is 5.92 Å². The van der Waals surface area contributed by atoms with E-state index in [9.17, 15) is 0 Å². The van der Waals surface area contributed by atoms with Crippen LogP contribution < -0.4 is 0 Å². The van der Waals surface area contributed by atoms with Gasteiger partial charge in [-0.05, 0) is 18.8 Å². The normalized spacial score (nSPS) is 11.1. The average molecular weight is 209 g/mol. The summed E-state index contributed by atoms with van der Waals surface area (Å²) in [6.45, 7) is 7.27. The molecule has 0 N–H and O–H groups in total. The van der Waals surface area contributed by atoms with Gasteiger partial charge < -0.3 is 9.47 Å². The molecule has 0 aliphatic heterocycles. The van der Waals surface area contributed by atoms with Gasteiger partial charge in [-0.3, -0.25) is 0 Å². The van der Waals surface area contributed by atoms with Gasteiger partial charge in [0, 0.05) is 12.5 Å². The maximum Gasteiger partial charge on any atom is 0.0701 e. The maximum atomic E-state index is 5.43. The molecule has 0 saturated carbocycles. The number of ether oxygens (including phenoxy) is 2. The van der Waals surface area contributed by atoms with E-state index >= 15 is 0 Å². The first-order valence-corrected chi connectivity index (χ1v) is 5.52. The Morgan fingerprint density at radius 2 is 1.62 bits per heavy atom. The van der Waals surface area contributed by atoms with Gasteiger partial charge in [-0.15, -0.1) is 11.6 Å². The number of hydrogen-bond acceptors (Lipinski definition) is 2. The minimum atomic E-state index is 0.563. The molecule has 0 saturated heterocycles. The number of alkyl halides is 1. The first-order chi connectivity index (χ1) is 6.27. The molecule has 0 atom stereocenters. The van der Waals surface area contributed by atoms with Crippen LogP contribution in [0.3, 0.4) is 0 Å². The van der Waals surface area contributed by atoms with Crippen molar-refractivity contribution in [3.8, 4) is 0 Å². The summed E-state index contributed by atoms with van der Waals surface area (Å²) in [4.78, 5) is 0. The fourth-order valence-corrected chi connectivity index (χ4v) is 1.08. The zero-order chi connectivity index (χ0) is 9.94. The monoisotopic (exact) mass is 208 g/mol. The summed E-state index contributed by atoms with van der Waals surface area (Å²) in [5, 5.41) is 0. The summed E-state index contributed by atoms with van der Waals surface area (Å²) in [5.41, 5.74) is 0. The Bertz CT molecular complexity index is 96.9. The van der Waals surface area contributed by atoms with Crippen LogP contribution >= 0.6 is 11.6 Å². The van der Waals surface area contributed by atoms with Gasteiger partial charge in [0.25, 0.3) is 0 Å². The first-order valence-electron chi connectivity index (χ1n) is 4.98. The number of rotatable bonds is 9. The molecule has 0 amide bonds. The molecule has 0 aromatic carbocycles. The molecule has 0 aliphatic carbocycles. The molecular formula is C10H21ClO2. The van der Waals surface area contributed by atoms with Gasteiger partial charge in [0.15, 0.2) is 0 Å². The van der Waals surface area contributed by atoms with Gasteiger partial charge in [-0.2, -0.15) is 0 Å². The highest BCUT2D eigenvalue weighted by Gasteiger charge is 1.94. The lowest BCUT2D eigenvalue weighted by Crippen LogP contribution is -2.07. The zero-order valence-electron chi connectivity index (χ0n) is 8.72. The Morgan fingerprint density at radius 3 is 2.15 bits per heavy atom. The summed E-state index contributed by atoms with van der Waals surface area (Å²) in [7, 11) is 0. The van der Waals surface area contributed by atoms with Crippen LogP contribution in [-0.4, -0.2) is 32.3 Å². The third kappa shape index (κ3) is 12.2. The van der Waals surface area contributed by atoms with Crippen LogP contribution in [0.15, 0.2) is 0 Å². The molecular weight excluding hydrogens is 188 g/mol. The van der Waals surface area contributed by atoms with Crippen molar-refractivity contribution in [2.24, 2.45) is 5.92 Å². The van der Waals surface area contributed by atoms with Crippen LogP contribution in [0.25, 0.3) is 0 Å². The summed E-state index contributed by atoms with van der Waals surface area (Å²) >= 11 is 5.43. The lowest BCUT2D eigenvalue weighted by atomic mass is 10.1. The number of hydrogen-bond donors (Lipinski definition) is 0. The van der Waals surface area contributed by atoms with Gasteiger partial charge in [0.1, 0.15) is 0 Å². The van der Waals surface area contributed by atoms with Crippen LogP contribution in [-0.2, 0) is 9.47 Å². The van der Waals surface area contributed by atoms with E-state index in [2.05, 4.69) is 13.8 Å². The van der Waals surface area contributed by atoms with Crippen LogP contribution in [0.4, 0.5) is 0 Å². The third-order valence-corrected chi connectivity index (χ3v) is 1.82. The molecule has 0 fully saturated rings. The smallest absolute Gasteiger partial charge is 0.0701 e. The standard InChI is InChI=1S/C10H21ClO2/c1-10(2)4-3-6-12-8-9-13-7-5-11/h10H,3-9H2,1-2H3. The molecule has 0 unspecified atom stereocenters. The van der Waals surface area contributed by atoms with Gasteiger partial charge in [0.2, 0.25) is 0 Å². The van der Waals surface area contributed by atoms with E-state index in [0.717, 1.165) is 18.9 Å². The second kappa shape index (κ2) is 10.3. The van der Waals surface area contributed by atoms with E-state index in [1.165, 1.54) is 6.42 Å². The zero-order valence-corrected chi connectivity index (χ0v) is 9.48. The van der Waals surface area contributed by atoms with Gasteiger partial charge in [-0.25, -0.2) is 0 Å². The maximum absolute atomic E-state index is 5.43. The van der Waals surface area contributed by atoms with E-state index in [0.29, 0.717) is 25.7 Å². The van der Waals surface area contributed by atoms with Crippen molar-refractivity contribution in [1.29, 1.82) is 0 Å². The lowest BCUT2D eigenvalue weighted by Gasteiger charge is -2.06. The Labute approximate surface area is 86.6 Å². The van der Waals surface area contributed by atoms with E-state index < -0.39 is 0 Å². The summed E-state index contributed by atoms with van der Waals surface area (Å²) in [6, 6.07) is 0. The molecule has 2 nitrogen and oxygen atoms in total. The SMILES string of the molecule is CC(C)CCCOCCOCCCl. The first kappa shape index (κ1) is 13.2. The Kier molecular flexibility index (Phi) is 10.5. The molecule has 0 aromatic rings. The van der Waals surface area contributed by atoms with Gasteiger partial charge >= 0.3 is 0 Å². The minimum Gasteiger partial charge on any atom is -0.379 e.